The highest BCUT2D eigenvalue weighted by molar-refractivity contribution is 7.99. The minimum Gasteiger partial charge on any atom is -0.361 e. The predicted molar refractivity (Wildman–Crippen MR) is 110 cm³/mol. The van der Waals surface area contributed by atoms with E-state index in [4.69, 9.17) is 0 Å². The highest BCUT2D eigenvalue weighted by Crippen LogP contribution is 2.25. The molecule has 2 N–H and O–H groups in total. The maximum absolute atomic E-state index is 12.6. The van der Waals surface area contributed by atoms with E-state index in [-0.39, 0.29) is 11.8 Å². The number of carbonyl (C=O) groups is 1. The van der Waals surface area contributed by atoms with Crippen molar-refractivity contribution in [1.29, 1.82) is 0 Å². The zero-order valence-corrected chi connectivity index (χ0v) is 15.4. The lowest BCUT2D eigenvalue weighted by molar-refractivity contribution is -0.118. The van der Waals surface area contributed by atoms with Crippen molar-refractivity contribution in [2.24, 2.45) is 0 Å². The summed E-state index contributed by atoms with van der Waals surface area (Å²) in [6, 6.07) is 18.6. The molecular formula is C22H22N2OS. The number of rotatable bonds is 6. The van der Waals surface area contributed by atoms with Crippen LogP contribution in [0, 0.1) is 0 Å². The number of para-hydroxylation sites is 1. The molecule has 0 spiro atoms. The lowest BCUT2D eigenvalue weighted by atomic mass is 9.94. The van der Waals surface area contributed by atoms with Crippen LogP contribution in [0.3, 0.4) is 0 Å². The van der Waals surface area contributed by atoms with Crippen LogP contribution < -0.4 is 5.32 Å². The molecule has 1 aliphatic heterocycles. The van der Waals surface area contributed by atoms with Crippen LogP contribution in [0.2, 0.25) is 0 Å². The fraction of sp³-hybridized carbons (Fsp3) is 0.227. The third kappa shape index (κ3) is 3.76. The molecule has 1 aliphatic rings. The Labute approximate surface area is 157 Å². The van der Waals surface area contributed by atoms with Crippen LogP contribution in [0.15, 0.2) is 66.9 Å². The average Bonchev–Trinajstić information content (AvgIpc) is 3.12. The number of fused-ring (bicyclic) bond motifs is 1. The molecule has 0 bridgehead atoms. The summed E-state index contributed by atoms with van der Waals surface area (Å²) in [6.45, 7) is 0.758. The molecule has 0 fully saturated rings. The van der Waals surface area contributed by atoms with Crippen LogP contribution in [0.25, 0.3) is 16.5 Å². The molecule has 1 aromatic heterocycles. The maximum atomic E-state index is 12.6. The van der Waals surface area contributed by atoms with Crippen molar-refractivity contribution in [2.75, 3.05) is 12.3 Å². The summed E-state index contributed by atoms with van der Waals surface area (Å²) < 4.78 is 0. The Kier molecular flexibility index (Phi) is 5.23. The van der Waals surface area contributed by atoms with E-state index in [0.717, 1.165) is 24.2 Å². The molecule has 4 heteroatoms. The lowest BCUT2D eigenvalue weighted by Gasteiger charge is -2.23. The van der Waals surface area contributed by atoms with Crippen LogP contribution >= 0.6 is 11.8 Å². The first-order chi connectivity index (χ1) is 12.8. The first-order valence-corrected chi connectivity index (χ1v) is 10.1. The van der Waals surface area contributed by atoms with Gasteiger partial charge in [-0.15, -0.1) is 11.8 Å². The van der Waals surface area contributed by atoms with Gasteiger partial charge in [-0.2, -0.15) is 0 Å². The number of carbonyl (C=O) groups excluding carboxylic acids is 1. The number of H-pyrrole nitrogens is 1. The number of thioether (sulfide) groups is 1. The summed E-state index contributed by atoms with van der Waals surface area (Å²) in [7, 11) is 0. The monoisotopic (exact) mass is 362 g/mol. The summed E-state index contributed by atoms with van der Waals surface area (Å²) in [5.74, 6) is 1.68. The second kappa shape index (κ2) is 7.94. The third-order valence-corrected chi connectivity index (χ3v) is 5.85. The normalized spacial score (nSPS) is 17.2. The average molecular weight is 362 g/mol. The van der Waals surface area contributed by atoms with Crippen molar-refractivity contribution >= 4 is 34.0 Å². The minimum absolute atomic E-state index is 0.0781. The van der Waals surface area contributed by atoms with Gasteiger partial charge in [0.25, 0.3) is 0 Å². The summed E-state index contributed by atoms with van der Waals surface area (Å²) >= 11 is 1.70. The highest BCUT2D eigenvalue weighted by Gasteiger charge is 2.22. The van der Waals surface area contributed by atoms with Gasteiger partial charge in [0.1, 0.15) is 0 Å². The van der Waals surface area contributed by atoms with E-state index in [1.165, 1.54) is 22.1 Å². The second-order valence-electron chi connectivity index (χ2n) is 6.58. The molecule has 0 amide bonds. The second-order valence-corrected chi connectivity index (χ2v) is 7.56. The Balaban J connectivity index is 1.33. The van der Waals surface area contributed by atoms with Crippen molar-refractivity contribution < 1.29 is 4.79 Å². The first kappa shape index (κ1) is 17.1. The molecule has 0 radical (unpaired) electrons. The summed E-state index contributed by atoms with van der Waals surface area (Å²) in [6.07, 6.45) is 5.02. The fourth-order valence-electron chi connectivity index (χ4n) is 3.43. The van der Waals surface area contributed by atoms with Gasteiger partial charge in [-0.25, -0.2) is 0 Å². The van der Waals surface area contributed by atoms with Crippen molar-refractivity contribution in [3.63, 3.8) is 0 Å². The minimum atomic E-state index is -0.0781. The smallest absolute Gasteiger partial charge is 0.159 e. The van der Waals surface area contributed by atoms with Gasteiger partial charge in [0.05, 0.1) is 11.8 Å². The predicted octanol–water partition coefficient (Wildman–Crippen LogP) is 4.42. The Hall–Kier alpha value is -2.30. The highest BCUT2D eigenvalue weighted by atomic mass is 32.2. The van der Waals surface area contributed by atoms with E-state index in [2.05, 4.69) is 52.9 Å². The van der Waals surface area contributed by atoms with Gasteiger partial charge in [-0.3, -0.25) is 4.79 Å². The molecule has 132 valence electrons. The van der Waals surface area contributed by atoms with Crippen LogP contribution in [0.5, 0.6) is 0 Å². The lowest BCUT2D eigenvalue weighted by Crippen LogP contribution is -2.40. The molecule has 1 atom stereocenters. The quantitative estimate of drug-likeness (QED) is 0.682. The molecule has 0 aliphatic carbocycles. The molecular weight excluding hydrogens is 340 g/mol. The number of hydrogen-bond donors (Lipinski definition) is 2. The van der Waals surface area contributed by atoms with Gasteiger partial charge in [-0.1, -0.05) is 54.6 Å². The molecule has 1 unspecified atom stereocenters. The summed E-state index contributed by atoms with van der Waals surface area (Å²) in [5.41, 5.74) is 4.91. The van der Waals surface area contributed by atoms with Crippen LogP contribution in [0.4, 0.5) is 0 Å². The van der Waals surface area contributed by atoms with Crippen molar-refractivity contribution in [3.05, 3.63) is 78.0 Å². The number of hydrogen-bond acceptors (Lipinski definition) is 3. The zero-order chi connectivity index (χ0) is 17.8. The van der Waals surface area contributed by atoms with Crippen LogP contribution in [0.1, 0.15) is 17.5 Å². The van der Waals surface area contributed by atoms with Gasteiger partial charge in [0, 0.05) is 29.4 Å². The number of ketones is 1. The molecule has 3 aromatic rings. The number of aromatic nitrogens is 1. The Morgan fingerprint density at radius 1 is 1.08 bits per heavy atom. The molecule has 0 saturated carbocycles. The Bertz CT molecular complexity index is 929. The van der Waals surface area contributed by atoms with Gasteiger partial charge >= 0.3 is 0 Å². The van der Waals surface area contributed by atoms with Gasteiger partial charge in [0.15, 0.2) is 5.78 Å². The number of benzene rings is 2. The van der Waals surface area contributed by atoms with E-state index in [9.17, 15) is 4.79 Å². The topological polar surface area (TPSA) is 44.9 Å². The van der Waals surface area contributed by atoms with E-state index in [1.807, 2.05) is 24.3 Å². The molecule has 2 aromatic carbocycles. The van der Waals surface area contributed by atoms with E-state index in [0.29, 0.717) is 5.75 Å². The molecule has 26 heavy (non-hydrogen) atoms. The fourth-order valence-corrected chi connectivity index (χ4v) is 4.39. The largest absolute Gasteiger partial charge is 0.361 e. The number of Topliss-reactive ketones (excluding diaryl/α,β-unsaturated/α-hetero) is 1. The number of nitrogens with one attached hydrogen (secondary N) is 2. The van der Waals surface area contributed by atoms with E-state index in [1.54, 1.807) is 11.8 Å². The Morgan fingerprint density at radius 3 is 2.77 bits per heavy atom. The summed E-state index contributed by atoms with van der Waals surface area (Å²) in [5, 5.41) is 4.59. The van der Waals surface area contributed by atoms with Gasteiger partial charge in [-0.05, 0) is 29.2 Å². The van der Waals surface area contributed by atoms with Crippen molar-refractivity contribution in [1.82, 2.24) is 10.3 Å². The van der Waals surface area contributed by atoms with Crippen molar-refractivity contribution in [3.8, 4) is 0 Å². The van der Waals surface area contributed by atoms with E-state index >= 15 is 0 Å². The molecule has 3 nitrogen and oxygen atoms in total. The Morgan fingerprint density at radius 2 is 1.88 bits per heavy atom. The standard InChI is InChI=1S/C22H22N2OS/c25-22(15-26-14-18-13-24-20-9-5-4-8-19(18)20)21-12-17(10-11-23-21)16-6-2-1-3-7-16/h1-10,13,21,23-24H,11-12,14-15H2. The van der Waals surface area contributed by atoms with Gasteiger partial charge < -0.3 is 10.3 Å². The first-order valence-electron chi connectivity index (χ1n) is 8.94. The molecule has 4 rings (SSSR count). The van der Waals surface area contributed by atoms with Gasteiger partial charge in [0.2, 0.25) is 0 Å². The van der Waals surface area contributed by atoms with Crippen LogP contribution in [-0.4, -0.2) is 29.1 Å². The molecule has 2 heterocycles. The third-order valence-electron chi connectivity index (χ3n) is 4.85. The summed E-state index contributed by atoms with van der Waals surface area (Å²) in [4.78, 5) is 15.9. The number of aromatic amines is 1. The SMILES string of the molecule is O=C(CSCc1c[nH]c2ccccc12)C1CC(c2ccccc2)=CCN1. The van der Waals surface area contributed by atoms with E-state index < -0.39 is 0 Å². The zero-order valence-electron chi connectivity index (χ0n) is 14.6. The molecule has 0 saturated heterocycles. The maximum Gasteiger partial charge on any atom is 0.159 e. The van der Waals surface area contributed by atoms with Crippen LogP contribution in [-0.2, 0) is 10.5 Å². The van der Waals surface area contributed by atoms with Crippen molar-refractivity contribution in [2.45, 2.75) is 18.2 Å².